The van der Waals surface area contributed by atoms with Crippen LogP contribution in [0.25, 0.3) is 0 Å². The van der Waals surface area contributed by atoms with Gasteiger partial charge >= 0.3 is 0 Å². The first-order valence-electron chi connectivity index (χ1n) is 4.90. The summed E-state index contributed by atoms with van der Waals surface area (Å²) in [6.45, 7) is 2.78. The molecule has 1 atom stereocenters. The van der Waals surface area contributed by atoms with Crippen LogP contribution in [0, 0.1) is 5.41 Å². The Kier molecular flexibility index (Phi) is 3.68. The second-order valence-electron chi connectivity index (χ2n) is 3.43. The van der Waals surface area contributed by atoms with Crippen LogP contribution in [-0.4, -0.2) is 34.7 Å². The fraction of sp³-hybridized carbons (Fsp3) is 0.600. The zero-order valence-electron chi connectivity index (χ0n) is 8.36. The van der Waals surface area contributed by atoms with E-state index in [1.165, 1.54) is 0 Å². The monoisotopic (exact) mass is 196 g/mol. The SMILES string of the molecule is CC[C@@H]1CCCN1C(=O)/C(C=N)=C/O. The zero-order chi connectivity index (χ0) is 10.6. The highest BCUT2D eigenvalue weighted by atomic mass is 16.2. The lowest BCUT2D eigenvalue weighted by Gasteiger charge is -2.23. The molecule has 1 amide bonds. The second-order valence-corrected chi connectivity index (χ2v) is 3.43. The van der Waals surface area contributed by atoms with Crippen LogP contribution in [-0.2, 0) is 4.79 Å². The van der Waals surface area contributed by atoms with Crippen LogP contribution in [0.15, 0.2) is 11.8 Å². The minimum Gasteiger partial charge on any atom is -0.515 e. The fourth-order valence-electron chi connectivity index (χ4n) is 1.85. The molecule has 4 nitrogen and oxygen atoms in total. The molecule has 1 aliphatic rings. The Morgan fingerprint density at radius 3 is 2.93 bits per heavy atom. The summed E-state index contributed by atoms with van der Waals surface area (Å²) in [5, 5.41) is 15.7. The molecule has 1 fully saturated rings. The lowest BCUT2D eigenvalue weighted by molar-refractivity contribution is -0.127. The molecule has 14 heavy (non-hydrogen) atoms. The van der Waals surface area contributed by atoms with Gasteiger partial charge in [-0.2, -0.15) is 0 Å². The van der Waals surface area contributed by atoms with E-state index in [1.807, 2.05) is 6.92 Å². The summed E-state index contributed by atoms with van der Waals surface area (Å²) >= 11 is 0. The third-order valence-corrected chi connectivity index (χ3v) is 2.65. The second kappa shape index (κ2) is 4.79. The molecule has 1 saturated heterocycles. The summed E-state index contributed by atoms with van der Waals surface area (Å²) in [4.78, 5) is 13.5. The molecule has 2 N–H and O–H groups in total. The number of aliphatic hydroxyl groups excluding tert-OH is 1. The van der Waals surface area contributed by atoms with Crippen molar-refractivity contribution in [2.45, 2.75) is 32.2 Å². The van der Waals surface area contributed by atoms with Gasteiger partial charge in [-0.25, -0.2) is 0 Å². The molecule has 1 rings (SSSR count). The van der Waals surface area contributed by atoms with Crippen molar-refractivity contribution in [1.29, 1.82) is 5.41 Å². The standard InChI is InChI=1S/C10H16N2O2/c1-2-9-4-3-5-12(9)10(14)8(6-11)7-13/h6-7,9,11,13H,2-5H2,1H3/b8-7+,11-6?/t9-/m1/s1. The van der Waals surface area contributed by atoms with Crippen LogP contribution in [0.5, 0.6) is 0 Å². The quantitative estimate of drug-likeness (QED) is 0.408. The van der Waals surface area contributed by atoms with Gasteiger partial charge in [0.15, 0.2) is 0 Å². The third kappa shape index (κ3) is 1.95. The first-order chi connectivity index (χ1) is 6.74. The van der Waals surface area contributed by atoms with E-state index in [0.29, 0.717) is 6.26 Å². The van der Waals surface area contributed by atoms with Gasteiger partial charge in [0.05, 0.1) is 11.8 Å². The maximum Gasteiger partial charge on any atom is 0.258 e. The normalized spacial score (nSPS) is 22.5. The first kappa shape index (κ1) is 10.8. The Hall–Kier alpha value is -1.32. The van der Waals surface area contributed by atoms with Crippen molar-refractivity contribution in [3.63, 3.8) is 0 Å². The molecular formula is C10H16N2O2. The lowest BCUT2D eigenvalue weighted by atomic mass is 10.1. The summed E-state index contributed by atoms with van der Waals surface area (Å²) in [6, 6.07) is 0.275. The van der Waals surface area contributed by atoms with Gasteiger partial charge in [0.25, 0.3) is 5.91 Å². The predicted molar refractivity (Wildman–Crippen MR) is 54.5 cm³/mol. The number of rotatable bonds is 3. The molecule has 1 heterocycles. The van der Waals surface area contributed by atoms with Crippen molar-refractivity contribution >= 4 is 12.1 Å². The number of hydrogen-bond donors (Lipinski definition) is 2. The van der Waals surface area contributed by atoms with Crippen molar-refractivity contribution in [1.82, 2.24) is 4.90 Å². The van der Waals surface area contributed by atoms with Gasteiger partial charge in [0.1, 0.15) is 0 Å². The average Bonchev–Trinajstić information content (AvgIpc) is 2.67. The Bertz CT molecular complexity index is 261. The van der Waals surface area contributed by atoms with E-state index in [1.54, 1.807) is 4.90 Å². The van der Waals surface area contributed by atoms with Gasteiger partial charge in [-0.3, -0.25) is 4.79 Å². The molecule has 0 spiro atoms. The van der Waals surface area contributed by atoms with E-state index >= 15 is 0 Å². The average molecular weight is 196 g/mol. The van der Waals surface area contributed by atoms with Gasteiger partial charge in [-0.15, -0.1) is 0 Å². The van der Waals surface area contributed by atoms with Crippen LogP contribution in [0.1, 0.15) is 26.2 Å². The summed E-state index contributed by atoms with van der Waals surface area (Å²) < 4.78 is 0. The molecule has 0 aromatic carbocycles. The van der Waals surface area contributed by atoms with Crippen LogP contribution in [0.3, 0.4) is 0 Å². The largest absolute Gasteiger partial charge is 0.515 e. The first-order valence-corrected chi connectivity index (χ1v) is 4.90. The highest BCUT2D eigenvalue weighted by Crippen LogP contribution is 2.21. The minimum absolute atomic E-state index is 0.0605. The van der Waals surface area contributed by atoms with Crippen molar-refractivity contribution in [2.24, 2.45) is 0 Å². The van der Waals surface area contributed by atoms with E-state index < -0.39 is 0 Å². The molecule has 0 radical (unpaired) electrons. The number of carbonyl (C=O) groups is 1. The number of nitrogens with one attached hydrogen (secondary N) is 1. The lowest BCUT2D eigenvalue weighted by Crippen LogP contribution is -2.36. The summed E-state index contributed by atoms with van der Waals surface area (Å²) in [6.07, 6.45) is 4.58. The van der Waals surface area contributed by atoms with E-state index in [4.69, 9.17) is 10.5 Å². The Balaban J connectivity index is 2.73. The third-order valence-electron chi connectivity index (χ3n) is 2.65. The minimum atomic E-state index is -0.230. The Morgan fingerprint density at radius 1 is 1.71 bits per heavy atom. The fourth-order valence-corrected chi connectivity index (χ4v) is 1.85. The molecule has 78 valence electrons. The molecule has 0 unspecified atom stereocenters. The van der Waals surface area contributed by atoms with Crippen LogP contribution < -0.4 is 0 Å². The van der Waals surface area contributed by atoms with Crippen molar-refractivity contribution < 1.29 is 9.90 Å². The zero-order valence-corrected chi connectivity index (χ0v) is 8.36. The maximum absolute atomic E-state index is 11.7. The summed E-state index contributed by atoms with van der Waals surface area (Å²) in [7, 11) is 0. The molecule has 4 heteroatoms. The molecular weight excluding hydrogens is 180 g/mol. The van der Waals surface area contributed by atoms with Crippen LogP contribution >= 0.6 is 0 Å². The van der Waals surface area contributed by atoms with Crippen molar-refractivity contribution in [3.05, 3.63) is 11.8 Å². The molecule has 0 aromatic heterocycles. The molecule has 0 aromatic rings. The molecule has 0 bridgehead atoms. The highest BCUT2D eigenvalue weighted by Gasteiger charge is 2.28. The van der Waals surface area contributed by atoms with Crippen LogP contribution in [0.4, 0.5) is 0 Å². The van der Waals surface area contributed by atoms with Gasteiger partial charge in [-0.05, 0) is 19.3 Å². The van der Waals surface area contributed by atoms with Gasteiger partial charge in [-0.1, -0.05) is 6.92 Å². The number of nitrogens with zero attached hydrogens (tertiary/aromatic N) is 1. The van der Waals surface area contributed by atoms with Crippen LogP contribution in [0.2, 0.25) is 0 Å². The van der Waals surface area contributed by atoms with E-state index in [-0.39, 0.29) is 17.5 Å². The molecule has 1 aliphatic heterocycles. The topological polar surface area (TPSA) is 64.4 Å². The summed E-state index contributed by atoms with van der Waals surface area (Å²) in [5.74, 6) is -0.230. The summed E-state index contributed by atoms with van der Waals surface area (Å²) in [5.41, 5.74) is 0.0605. The van der Waals surface area contributed by atoms with Gasteiger partial charge in [0.2, 0.25) is 0 Å². The number of likely N-dealkylation sites (tertiary alicyclic amines) is 1. The molecule has 0 aliphatic carbocycles. The molecule has 0 saturated carbocycles. The smallest absolute Gasteiger partial charge is 0.258 e. The van der Waals surface area contributed by atoms with E-state index in [2.05, 4.69) is 0 Å². The highest BCUT2D eigenvalue weighted by molar-refractivity contribution is 6.11. The van der Waals surface area contributed by atoms with E-state index in [0.717, 1.165) is 32.0 Å². The maximum atomic E-state index is 11.7. The van der Waals surface area contributed by atoms with E-state index in [9.17, 15) is 4.79 Å². The van der Waals surface area contributed by atoms with Gasteiger partial charge < -0.3 is 15.4 Å². The van der Waals surface area contributed by atoms with Crippen molar-refractivity contribution in [2.75, 3.05) is 6.54 Å². The Morgan fingerprint density at radius 2 is 2.43 bits per heavy atom. The predicted octanol–water partition coefficient (Wildman–Crippen LogP) is 1.48. The van der Waals surface area contributed by atoms with Crippen molar-refractivity contribution in [3.8, 4) is 0 Å². The van der Waals surface area contributed by atoms with Gasteiger partial charge in [0, 0.05) is 18.8 Å². The number of aliphatic hydroxyl groups is 1. The number of hydrogen-bond acceptors (Lipinski definition) is 3. The Labute approximate surface area is 83.7 Å². The number of amides is 1. The number of carbonyl (C=O) groups excluding carboxylic acids is 1.